The van der Waals surface area contributed by atoms with Crippen LogP contribution in [0.4, 0.5) is 14.5 Å². The van der Waals surface area contributed by atoms with Crippen LogP contribution in [0.1, 0.15) is 11.1 Å². The Morgan fingerprint density at radius 1 is 1.00 bits per heavy atom. The van der Waals surface area contributed by atoms with Crippen LogP contribution in [0.15, 0.2) is 71.6 Å². The molecule has 3 aromatic carbocycles. The van der Waals surface area contributed by atoms with Gasteiger partial charge in [0.25, 0.3) is 0 Å². The van der Waals surface area contributed by atoms with E-state index in [2.05, 4.69) is 10.0 Å². The van der Waals surface area contributed by atoms with Gasteiger partial charge in [0.1, 0.15) is 11.8 Å². The molecule has 0 saturated carbocycles. The van der Waals surface area contributed by atoms with Gasteiger partial charge in [0.05, 0.1) is 12.0 Å². The van der Waals surface area contributed by atoms with Gasteiger partial charge >= 0.3 is 0 Å². The van der Waals surface area contributed by atoms with Crippen molar-refractivity contribution in [2.75, 3.05) is 12.4 Å². The number of ether oxygens (including phenoxy) is 1. The van der Waals surface area contributed by atoms with Crippen molar-refractivity contribution in [2.45, 2.75) is 24.3 Å². The van der Waals surface area contributed by atoms with E-state index >= 15 is 0 Å². The van der Waals surface area contributed by atoms with E-state index in [1.165, 1.54) is 31.4 Å². The number of carbonyl (C=O) groups excluding carboxylic acids is 1. The van der Waals surface area contributed by atoms with Crippen LogP contribution in [0.5, 0.6) is 5.75 Å². The molecule has 32 heavy (non-hydrogen) atoms. The van der Waals surface area contributed by atoms with Crippen molar-refractivity contribution in [3.05, 3.63) is 89.5 Å². The number of amides is 1. The van der Waals surface area contributed by atoms with Crippen LogP contribution in [0.25, 0.3) is 0 Å². The number of anilines is 1. The molecule has 0 unspecified atom stereocenters. The number of aryl methyl sites for hydroxylation is 1. The summed E-state index contributed by atoms with van der Waals surface area (Å²) in [5, 5.41) is 2.44. The van der Waals surface area contributed by atoms with Gasteiger partial charge in [-0.15, -0.1) is 0 Å². The third-order valence-electron chi connectivity index (χ3n) is 4.76. The largest absolute Gasteiger partial charge is 0.496 e. The molecule has 0 aliphatic carbocycles. The summed E-state index contributed by atoms with van der Waals surface area (Å²) in [5.41, 5.74) is 1.33. The Morgan fingerprint density at radius 2 is 1.72 bits per heavy atom. The lowest BCUT2D eigenvalue weighted by Gasteiger charge is -2.19. The van der Waals surface area contributed by atoms with E-state index in [1.54, 1.807) is 37.3 Å². The number of halogens is 2. The number of hydrogen-bond acceptors (Lipinski definition) is 4. The van der Waals surface area contributed by atoms with Crippen LogP contribution in [0.3, 0.4) is 0 Å². The molecule has 0 aromatic heterocycles. The van der Waals surface area contributed by atoms with Gasteiger partial charge in [-0.1, -0.05) is 30.3 Å². The van der Waals surface area contributed by atoms with Crippen molar-refractivity contribution < 1.29 is 26.7 Å². The summed E-state index contributed by atoms with van der Waals surface area (Å²) in [6.07, 6.45) is 0.0463. The Morgan fingerprint density at radius 3 is 2.34 bits per heavy atom. The molecule has 2 N–H and O–H groups in total. The van der Waals surface area contributed by atoms with E-state index in [1.807, 2.05) is 0 Å². The predicted molar refractivity (Wildman–Crippen MR) is 117 cm³/mol. The Hall–Kier alpha value is -3.30. The lowest BCUT2D eigenvalue weighted by Crippen LogP contribution is -2.45. The Bertz CT molecular complexity index is 1220. The fourth-order valence-electron chi connectivity index (χ4n) is 3.11. The molecule has 0 saturated heterocycles. The third-order valence-corrected chi connectivity index (χ3v) is 6.23. The average molecular weight is 461 g/mol. The molecule has 168 valence electrons. The number of methoxy groups -OCH3 is 1. The Kier molecular flexibility index (Phi) is 7.22. The van der Waals surface area contributed by atoms with Crippen molar-refractivity contribution in [2.24, 2.45) is 0 Å². The standard InChI is InChI=1S/C23H22F2N2O4S/c1-15-12-18(9-11-22(15)31-2)32(29,30)27-21(13-16-6-4-3-5-7-16)23(28)26-17-8-10-19(24)20(25)14-17/h3-12,14,21,27H,13H2,1-2H3,(H,26,28)/t21-/m0/s1. The van der Waals surface area contributed by atoms with Crippen LogP contribution >= 0.6 is 0 Å². The highest BCUT2D eigenvalue weighted by atomic mass is 32.2. The maximum absolute atomic E-state index is 13.5. The first-order valence-corrected chi connectivity index (χ1v) is 11.1. The van der Waals surface area contributed by atoms with E-state index in [9.17, 15) is 22.0 Å². The summed E-state index contributed by atoms with van der Waals surface area (Å²) in [6, 6.07) is 14.9. The van der Waals surface area contributed by atoms with Gasteiger partial charge < -0.3 is 10.1 Å². The number of sulfonamides is 1. The molecule has 0 spiro atoms. The van der Waals surface area contributed by atoms with Crippen LogP contribution in [-0.2, 0) is 21.2 Å². The highest BCUT2D eigenvalue weighted by molar-refractivity contribution is 7.89. The summed E-state index contributed by atoms with van der Waals surface area (Å²) in [6.45, 7) is 1.70. The van der Waals surface area contributed by atoms with Gasteiger partial charge in [0.2, 0.25) is 15.9 Å². The van der Waals surface area contributed by atoms with E-state index in [-0.39, 0.29) is 17.0 Å². The second-order valence-electron chi connectivity index (χ2n) is 7.11. The fraction of sp³-hybridized carbons (Fsp3) is 0.174. The molecule has 0 aliphatic rings. The van der Waals surface area contributed by atoms with Crippen LogP contribution in [0.2, 0.25) is 0 Å². The molecule has 0 bridgehead atoms. The molecule has 1 atom stereocenters. The molecule has 0 heterocycles. The SMILES string of the molecule is COc1ccc(S(=O)(=O)N[C@@H](Cc2ccccc2)C(=O)Nc2ccc(F)c(F)c2)cc1C. The second kappa shape index (κ2) is 9.88. The number of benzene rings is 3. The minimum atomic E-state index is -4.08. The minimum Gasteiger partial charge on any atom is -0.496 e. The molecule has 9 heteroatoms. The smallest absolute Gasteiger partial charge is 0.242 e. The molecular formula is C23H22F2N2O4S. The topological polar surface area (TPSA) is 84.5 Å². The van der Waals surface area contributed by atoms with Gasteiger partial charge in [-0.2, -0.15) is 4.72 Å². The summed E-state index contributed by atoms with van der Waals surface area (Å²) in [4.78, 5) is 12.9. The molecule has 0 radical (unpaired) electrons. The molecule has 1 amide bonds. The first-order chi connectivity index (χ1) is 15.2. The highest BCUT2D eigenvalue weighted by Gasteiger charge is 2.27. The third kappa shape index (κ3) is 5.68. The maximum atomic E-state index is 13.5. The van der Waals surface area contributed by atoms with Crippen molar-refractivity contribution in [3.63, 3.8) is 0 Å². The van der Waals surface area contributed by atoms with E-state index in [0.29, 0.717) is 16.9 Å². The summed E-state index contributed by atoms with van der Waals surface area (Å²) < 4.78 is 60.3. The van der Waals surface area contributed by atoms with Gasteiger partial charge in [-0.05, 0) is 54.8 Å². The Labute approximate surface area is 185 Å². The molecular weight excluding hydrogens is 438 g/mol. The van der Waals surface area contributed by atoms with Crippen molar-refractivity contribution in [3.8, 4) is 5.75 Å². The van der Waals surface area contributed by atoms with E-state index < -0.39 is 33.6 Å². The number of rotatable bonds is 8. The van der Waals surface area contributed by atoms with Crippen LogP contribution in [-0.4, -0.2) is 27.5 Å². The lowest BCUT2D eigenvalue weighted by molar-refractivity contribution is -0.117. The zero-order valence-corrected chi connectivity index (χ0v) is 18.2. The maximum Gasteiger partial charge on any atom is 0.242 e. The number of nitrogens with one attached hydrogen (secondary N) is 2. The van der Waals surface area contributed by atoms with Crippen molar-refractivity contribution >= 4 is 21.6 Å². The van der Waals surface area contributed by atoms with Crippen LogP contribution < -0.4 is 14.8 Å². The second-order valence-corrected chi connectivity index (χ2v) is 8.83. The molecule has 3 aromatic rings. The Balaban J connectivity index is 1.88. The first kappa shape index (κ1) is 23.4. The van der Waals surface area contributed by atoms with Gasteiger partial charge in [-0.3, -0.25) is 4.79 Å². The molecule has 0 fully saturated rings. The van der Waals surface area contributed by atoms with Gasteiger partial charge in [0.15, 0.2) is 11.6 Å². The van der Waals surface area contributed by atoms with Gasteiger partial charge in [0, 0.05) is 11.8 Å². The average Bonchev–Trinajstić information content (AvgIpc) is 2.76. The van der Waals surface area contributed by atoms with Gasteiger partial charge in [-0.25, -0.2) is 17.2 Å². The van der Waals surface area contributed by atoms with Crippen LogP contribution in [0, 0.1) is 18.6 Å². The van der Waals surface area contributed by atoms with E-state index in [4.69, 9.17) is 4.74 Å². The monoisotopic (exact) mass is 460 g/mol. The zero-order valence-electron chi connectivity index (χ0n) is 17.4. The first-order valence-electron chi connectivity index (χ1n) is 9.66. The molecule has 3 rings (SSSR count). The zero-order chi connectivity index (χ0) is 23.3. The lowest BCUT2D eigenvalue weighted by atomic mass is 10.1. The minimum absolute atomic E-state index is 0.00597. The molecule has 0 aliphatic heterocycles. The normalized spacial score (nSPS) is 12.2. The number of carbonyl (C=O) groups is 1. The predicted octanol–water partition coefficient (Wildman–Crippen LogP) is 3.81. The quantitative estimate of drug-likeness (QED) is 0.536. The van der Waals surface area contributed by atoms with Crippen molar-refractivity contribution in [1.82, 2.24) is 4.72 Å². The summed E-state index contributed by atoms with van der Waals surface area (Å²) in [7, 11) is -2.60. The number of hydrogen-bond donors (Lipinski definition) is 2. The summed E-state index contributed by atoms with van der Waals surface area (Å²) >= 11 is 0. The molecule has 6 nitrogen and oxygen atoms in total. The highest BCUT2D eigenvalue weighted by Crippen LogP contribution is 2.22. The fourth-order valence-corrected chi connectivity index (χ4v) is 4.39. The summed E-state index contributed by atoms with van der Waals surface area (Å²) in [5.74, 6) is -2.37. The van der Waals surface area contributed by atoms with E-state index in [0.717, 1.165) is 12.1 Å². The van der Waals surface area contributed by atoms with Crippen molar-refractivity contribution in [1.29, 1.82) is 0 Å².